The van der Waals surface area contributed by atoms with E-state index >= 15 is 0 Å². The molecule has 1 saturated heterocycles. The number of amides is 2. The number of nitriles is 1. The van der Waals surface area contributed by atoms with Gasteiger partial charge in [0.2, 0.25) is 5.91 Å². The summed E-state index contributed by atoms with van der Waals surface area (Å²) in [6, 6.07) is 15.0. The van der Waals surface area contributed by atoms with Gasteiger partial charge in [-0.3, -0.25) is 9.59 Å². The average molecular weight is 436 g/mol. The van der Waals surface area contributed by atoms with Crippen molar-refractivity contribution in [2.24, 2.45) is 5.92 Å². The number of rotatable bonds is 5. The van der Waals surface area contributed by atoms with E-state index in [2.05, 4.69) is 6.07 Å². The maximum atomic E-state index is 14.0. The van der Waals surface area contributed by atoms with Crippen LogP contribution in [0.25, 0.3) is 0 Å². The van der Waals surface area contributed by atoms with Gasteiger partial charge < -0.3 is 14.5 Å². The number of anilines is 1. The largest absolute Gasteiger partial charge is 0.497 e. The number of hydrogen-bond donors (Lipinski definition) is 0. The SMILES string of the molecule is COc1ccc2c(c1)[C@]1(SCCN1C(=O)CC(C)C)C(=O)N2Cc1cccc(C#N)c1. The van der Waals surface area contributed by atoms with Crippen molar-refractivity contribution in [2.45, 2.75) is 31.7 Å². The summed E-state index contributed by atoms with van der Waals surface area (Å²) in [4.78, 5) is 29.5. The van der Waals surface area contributed by atoms with Gasteiger partial charge in [-0.1, -0.05) is 26.0 Å². The summed E-state index contributed by atoms with van der Waals surface area (Å²) in [7, 11) is 1.60. The van der Waals surface area contributed by atoms with E-state index in [9.17, 15) is 14.9 Å². The number of benzene rings is 2. The highest BCUT2D eigenvalue weighted by molar-refractivity contribution is 8.01. The third-order valence-corrected chi connectivity index (χ3v) is 7.10. The zero-order chi connectivity index (χ0) is 22.2. The highest BCUT2D eigenvalue weighted by atomic mass is 32.2. The lowest BCUT2D eigenvalue weighted by molar-refractivity contribution is -0.140. The van der Waals surface area contributed by atoms with Gasteiger partial charge in [-0.15, -0.1) is 11.8 Å². The van der Waals surface area contributed by atoms with Gasteiger partial charge in [0.15, 0.2) is 4.87 Å². The predicted molar refractivity (Wildman–Crippen MR) is 121 cm³/mol. The maximum absolute atomic E-state index is 14.0. The number of methoxy groups -OCH3 is 1. The molecule has 2 amide bonds. The van der Waals surface area contributed by atoms with Crippen LogP contribution in [0.15, 0.2) is 42.5 Å². The number of carbonyl (C=O) groups excluding carboxylic acids is 2. The Morgan fingerprint density at radius 3 is 2.81 bits per heavy atom. The van der Waals surface area contributed by atoms with Crippen molar-refractivity contribution < 1.29 is 14.3 Å². The Bertz CT molecular complexity index is 1080. The molecule has 2 aliphatic rings. The van der Waals surface area contributed by atoms with E-state index in [0.29, 0.717) is 36.6 Å². The van der Waals surface area contributed by atoms with Crippen molar-refractivity contribution >= 4 is 29.3 Å². The molecule has 4 rings (SSSR count). The molecule has 1 atom stereocenters. The normalized spacial score (nSPS) is 19.8. The van der Waals surface area contributed by atoms with Crippen molar-refractivity contribution in [1.29, 1.82) is 5.26 Å². The summed E-state index contributed by atoms with van der Waals surface area (Å²) in [5.41, 5.74) is 3.00. The van der Waals surface area contributed by atoms with Crippen LogP contribution in [0.2, 0.25) is 0 Å². The summed E-state index contributed by atoms with van der Waals surface area (Å²) in [6.45, 7) is 4.89. The molecule has 0 N–H and O–H groups in total. The van der Waals surface area contributed by atoms with Gasteiger partial charge >= 0.3 is 0 Å². The molecule has 31 heavy (non-hydrogen) atoms. The zero-order valence-corrected chi connectivity index (χ0v) is 18.7. The Morgan fingerprint density at radius 2 is 2.10 bits per heavy atom. The zero-order valence-electron chi connectivity index (χ0n) is 17.9. The second-order valence-corrected chi connectivity index (χ2v) is 9.51. The van der Waals surface area contributed by atoms with Crippen molar-refractivity contribution in [1.82, 2.24) is 4.90 Å². The van der Waals surface area contributed by atoms with E-state index in [1.165, 1.54) is 11.8 Å². The Hall–Kier alpha value is -2.98. The maximum Gasteiger partial charge on any atom is 0.268 e. The van der Waals surface area contributed by atoms with Gasteiger partial charge in [0, 0.05) is 24.3 Å². The number of thioether (sulfide) groups is 1. The van der Waals surface area contributed by atoms with Crippen LogP contribution in [0.5, 0.6) is 5.75 Å². The predicted octanol–water partition coefficient (Wildman–Crippen LogP) is 3.89. The molecule has 2 aromatic carbocycles. The molecule has 0 unspecified atom stereocenters. The fraction of sp³-hybridized carbons (Fsp3) is 0.375. The first-order valence-corrected chi connectivity index (χ1v) is 11.3. The van der Waals surface area contributed by atoms with Crippen molar-refractivity contribution in [3.63, 3.8) is 0 Å². The second-order valence-electron chi connectivity index (χ2n) is 8.22. The van der Waals surface area contributed by atoms with Crippen LogP contribution in [0.3, 0.4) is 0 Å². The first-order chi connectivity index (χ1) is 14.9. The van der Waals surface area contributed by atoms with E-state index in [4.69, 9.17) is 4.74 Å². The molecule has 0 bridgehead atoms. The number of ether oxygens (including phenoxy) is 1. The summed E-state index contributed by atoms with van der Waals surface area (Å²) in [5, 5.41) is 9.23. The van der Waals surface area contributed by atoms with Gasteiger partial charge in [0.05, 0.1) is 31.0 Å². The second kappa shape index (κ2) is 8.27. The molecule has 0 radical (unpaired) electrons. The molecule has 1 spiro atoms. The summed E-state index contributed by atoms with van der Waals surface area (Å²) < 4.78 is 5.44. The van der Waals surface area contributed by atoms with Crippen molar-refractivity contribution in [3.8, 4) is 11.8 Å². The Morgan fingerprint density at radius 1 is 1.29 bits per heavy atom. The monoisotopic (exact) mass is 435 g/mol. The van der Waals surface area contributed by atoms with E-state index < -0.39 is 4.87 Å². The van der Waals surface area contributed by atoms with Crippen LogP contribution in [0, 0.1) is 17.2 Å². The molecule has 7 heteroatoms. The molecule has 0 aromatic heterocycles. The smallest absolute Gasteiger partial charge is 0.268 e. The minimum absolute atomic E-state index is 0.00422. The third kappa shape index (κ3) is 3.55. The van der Waals surface area contributed by atoms with Gasteiger partial charge in [0.25, 0.3) is 5.91 Å². The first kappa shape index (κ1) is 21.3. The lowest BCUT2D eigenvalue weighted by atomic mass is 10.0. The van der Waals surface area contributed by atoms with E-state index in [1.54, 1.807) is 29.0 Å². The molecule has 160 valence electrons. The van der Waals surface area contributed by atoms with Crippen molar-refractivity contribution in [3.05, 3.63) is 59.2 Å². The summed E-state index contributed by atoms with van der Waals surface area (Å²) in [5.74, 6) is 1.45. The lowest BCUT2D eigenvalue weighted by Gasteiger charge is -2.33. The molecule has 1 fully saturated rings. The van der Waals surface area contributed by atoms with E-state index in [1.807, 2.05) is 44.2 Å². The van der Waals surface area contributed by atoms with E-state index in [-0.39, 0.29) is 17.7 Å². The fourth-order valence-electron chi connectivity index (χ4n) is 4.32. The molecular formula is C24H25N3O3S. The van der Waals surface area contributed by atoms with Crippen LogP contribution < -0.4 is 9.64 Å². The highest BCUT2D eigenvalue weighted by Crippen LogP contribution is 2.55. The first-order valence-electron chi connectivity index (χ1n) is 10.3. The lowest BCUT2D eigenvalue weighted by Crippen LogP contribution is -2.50. The molecule has 2 heterocycles. The van der Waals surface area contributed by atoms with Crippen LogP contribution in [0.1, 0.15) is 37.0 Å². The standard InChI is InChI=1S/C24H25N3O3S/c1-16(2)11-22(28)27-9-10-31-24(27)20-13-19(30-3)7-8-21(20)26(23(24)29)15-18-6-4-5-17(12-18)14-25/h4-8,12-13,16H,9-11,15H2,1-3H3/t24-/m0/s1. The average Bonchev–Trinajstić information content (AvgIpc) is 3.30. The molecule has 2 aliphatic heterocycles. The fourth-order valence-corrected chi connectivity index (χ4v) is 5.79. The van der Waals surface area contributed by atoms with Gasteiger partial charge in [-0.05, 0) is 41.8 Å². The van der Waals surface area contributed by atoms with Gasteiger partial charge in [0.1, 0.15) is 5.75 Å². The molecule has 6 nitrogen and oxygen atoms in total. The van der Waals surface area contributed by atoms with Crippen LogP contribution >= 0.6 is 11.8 Å². The quantitative estimate of drug-likeness (QED) is 0.712. The number of carbonyl (C=O) groups is 2. The van der Waals surface area contributed by atoms with Crippen LogP contribution in [-0.4, -0.2) is 36.1 Å². The third-order valence-electron chi connectivity index (χ3n) is 5.68. The number of hydrogen-bond acceptors (Lipinski definition) is 5. The minimum atomic E-state index is -1.07. The Balaban J connectivity index is 1.80. The Kier molecular flexibility index (Phi) is 5.67. The number of fused-ring (bicyclic) bond motifs is 2. The highest BCUT2D eigenvalue weighted by Gasteiger charge is 2.59. The molecular weight excluding hydrogens is 410 g/mol. The minimum Gasteiger partial charge on any atom is -0.497 e. The van der Waals surface area contributed by atoms with Gasteiger partial charge in [-0.2, -0.15) is 5.26 Å². The van der Waals surface area contributed by atoms with Gasteiger partial charge in [-0.25, -0.2) is 0 Å². The molecule has 2 aromatic rings. The van der Waals surface area contributed by atoms with Crippen LogP contribution in [0.4, 0.5) is 5.69 Å². The Labute approximate surface area is 186 Å². The van der Waals surface area contributed by atoms with Crippen LogP contribution in [-0.2, 0) is 21.0 Å². The topological polar surface area (TPSA) is 73.6 Å². The van der Waals surface area contributed by atoms with Crippen molar-refractivity contribution in [2.75, 3.05) is 24.3 Å². The molecule has 0 aliphatic carbocycles. The number of nitrogens with zero attached hydrogens (tertiary/aromatic N) is 3. The summed E-state index contributed by atoms with van der Waals surface area (Å²) >= 11 is 1.51. The molecule has 0 saturated carbocycles. The van der Waals surface area contributed by atoms with E-state index in [0.717, 1.165) is 16.8 Å². The summed E-state index contributed by atoms with van der Waals surface area (Å²) in [6.07, 6.45) is 0.402.